The molecule has 2 saturated heterocycles. The van der Waals surface area contributed by atoms with Gasteiger partial charge in [-0.05, 0) is 62.9 Å². The van der Waals surface area contributed by atoms with Crippen molar-refractivity contribution in [1.29, 1.82) is 0 Å². The highest BCUT2D eigenvalue weighted by Crippen LogP contribution is 2.54. The van der Waals surface area contributed by atoms with Crippen LogP contribution in [-0.4, -0.2) is 71.1 Å². The van der Waals surface area contributed by atoms with E-state index in [9.17, 15) is 24.0 Å². The lowest BCUT2D eigenvalue weighted by atomic mass is 9.84. The van der Waals surface area contributed by atoms with Crippen molar-refractivity contribution >= 4 is 41.2 Å². The lowest BCUT2D eigenvalue weighted by Crippen LogP contribution is -2.62. The number of nitrogens with zero attached hydrogens (tertiary/aromatic N) is 1. The quantitative estimate of drug-likeness (QED) is 0.367. The molecule has 0 spiro atoms. The van der Waals surface area contributed by atoms with Gasteiger partial charge in [0.15, 0.2) is 0 Å². The Morgan fingerprint density at radius 3 is 2.56 bits per heavy atom. The molecule has 2 heterocycles. The Morgan fingerprint density at radius 2 is 1.95 bits per heavy atom. The van der Waals surface area contributed by atoms with E-state index in [1.54, 1.807) is 17.9 Å². The Morgan fingerprint density at radius 1 is 1.22 bits per heavy atom. The van der Waals surface area contributed by atoms with E-state index in [2.05, 4.69) is 16.0 Å². The minimum absolute atomic E-state index is 0.00901. The van der Waals surface area contributed by atoms with E-state index in [0.717, 1.165) is 12.8 Å². The monoisotopic (exact) mass is 590 g/mol. The van der Waals surface area contributed by atoms with E-state index in [4.69, 9.17) is 21.1 Å². The van der Waals surface area contributed by atoms with E-state index >= 15 is 0 Å². The first-order valence-corrected chi connectivity index (χ1v) is 14.8. The van der Waals surface area contributed by atoms with Gasteiger partial charge in [-0.25, -0.2) is 0 Å². The molecule has 2 bridgehead atoms. The van der Waals surface area contributed by atoms with Crippen molar-refractivity contribution < 1.29 is 33.4 Å². The molecular formula is C29H39ClN4O7. The summed E-state index contributed by atoms with van der Waals surface area (Å²) < 4.78 is 11.0. The Hall–Kier alpha value is -2.92. The van der Waals surface area contributed by atoms with Crippen LogP contribution in [0.25, 0.3) is 0 Å². The molecule has 4 amide bonds. The maximum Gasteiger partial charge on any atom is 0.314 e. The van der Waals surface area contributed by atoms with E-state index in [1.165, 1.54) is 6.92 Å². The summed E-state index contributed by atoms with van der Waals surface area (Å²) >= 11 is 6.42. The van der Waals surface area contributed by atoms with Crippen LogP contribution in [0, 0.1) is 17.3 Å². The molecule has 41 heavy (non-hydrogen) atoms. The molecule has 5 aliphatic rings. The summed E-state index contributed by atoms with van der Waals surface area (Å²) in [5, 5.41) is 8.89. The number of fused-ring (bicyclic) bond motifs is 3. The number of nitrogens with one attached hydrogen (secondary N) is 3. The van der Waals surface area contributed by atoms with Gasteiger partial charge in [0.05, 0.1) is 11.0 Å². The summed E-state index contributed by atoms with van der Waals surface area (Å²) in [6, 6.07) is -1.73. The third-order valence-electron chi connectivity index (χ3n) is 8.95. The molecule has 224 valence electrons. The number of rotatable bonds is 8. The summed E-state index contributed by atoms with van der Waals surface area (Å²) in [7, 11) is 0. The van der Waals surface area contributed by atoms with Crippen molar-refractivity contribution in [3.8, 4) is 0 Å². The molecule has 7 unspecified atom stereocenters. The summed E-state index contributed by atoms with van der Waals surface area (Å²) in [5.74, 6) is -2.13. The Bertz CT molecular complexity index is 1240. The maximum absolute atomic E-state index is 14.2. The molecule has 3 aliphatic carbocycles. The normalized spacial score (nSPS) is 32.6. The van der Waals surface area contributed by atoms with E-state index in [-0.39, 0.29) is 40.7 Å². The van der Waals surface area contributed by atoms with Gasteiger partial charge in [0.25, 0.3) is 0 Å². The zero-order valence-electron chi connectivity index (χ0n) is 24.2. The second kappa shape index (κ2) is 10.7. The number of hydrogen-bond donors (Lipinski definition) is 3. The minimum Gasteiger partial charge on any atom is -0.433 e. The topological polar surface area (TPSA) is 143 Å². The van der Waals surface area contributed by atoms with Crippen LogP contribution in [0.3, 0.4) is 0 Å². The van der Waals surface area contributed by atoms with Gasteiger partial charge in [0, 0.05) is 30.8 Å². The van der Waals surface area contributed by atoms with Crippen molar-refractivity contribution in [3.05, 3.63) is 22.4 Å². The predicted molar refractivity (Wildman–Crippen MR) is 148 cm³/mol. The van der Waals surface area contributed by atoms with Crippen LogP contribution in [0.4, 0.5) is 0 Å². The van der Waals surface area contributed by atoms with Gasteiger partial charge in [-0.3, -0.25) is 24.0 Å². The molecule has 2 aliphatic heterocycles. The molecule has 11 nitrogen and oxygen atoms in total. The van der Waals surface area contributed by atoms with Crippen LogP contribution in [0.2, 0.25) is 0 Å². The number of hydrogen-bond acceptors (Lipinski definition) is 7. The third-order valence-corrected chi connectivity index (χ3v) is 9.28. The molecule has 0 radical (unpaired) electrons. The van der Waals surface area contributed by atoms with Crippen LogP contribution in [0.5, 0.6) is 0 Å². The standard InChI is InChI=1S/C29H39ClN4O7/c1-6-40-27-29(13-19(29)26(39)41-27)33-24(37)21-15-7-9-17(11-15)34(21)25(38)22(28(3,4)5)32-23(36)18-10-8-16(12-20(18)30)31-14(2)35/h12,15,17,19,21-22,27H,6-11,13H2,1-5H3,(H,31,35)(H,32,36)(H,33,37). The number of allylic oxidation sites excluding steroid dienone is 3. The fraction of sp³-hybridized carbons (Fsp3) is 0.690. The molecule has 12 heteroatoms. The predicted octanol–water partition coefficient (Wildman–Crippen LogP) is 2.00. The smallest absolute Gasteiger partial charge is 0.314 e. The molecule has 2 saturated carbocycles. The fourth-order valence-electron chi connectivity index (χ4n) is 6.86. The Balaban J connectivity index is 1.35. The highest BCUT2D eigenvalue weighted by atomic mass is 35.5. The van der Waals surface area contributed by atoms with Crippen molar-refractivity contribution in [3.63, 3.8) is 0 Å². The molecule has 3 N–H and O–H groups in total. The lowest BCUT2D eigenvalue weighted by Gasteiger charge is -2.41. The second-order valence-electron chi connectivity index (χ2n) is 12.9. The van der Waals surface area contributed by atoms with E-state index < -0.39 is 41.2 Å². The number of carbonyl (C=O) groups excluding carboxylic acids is 5. The molecule has 7 atom stereocenters. The number of esters is 1. The van der Waals surface area contributed by atoms with Crippen LogP contribution in [0.1, 0.15) is 73.1 Å². The van der Waals surface area contributed by atoms with Crippen molar-refractivity contribution in [1.82, 2.24) is 20.9 Å². The average molecular weight is 591 g/mol. The lowest BCUT2D eigenvalue weighted by molar-refractivity contribution is -0.173. The first kappa shape index (κ1) is 29.6. The molecule has 0 aromatic carbocycles. The van der Waals surface area contributed by atoms with E-state index in [0.29, 0.717) is 43.6 Å². The zero-order valence-corrected chi connectivity index (χ0v) is 24.9. The molecule has 0 aromatic heterocycles. The number of ether oxygens (including phenoxy) is 2. The summed E-state index contributed by atoms with van der Waals surface area (Å²) in [6.07, 6.45) is 4.24. The van der Waals surface area contributed by atoms with Crippen LogP contribution in [0.15, 0.2) is 22.4 Å². The van der Waals surface area contributed by atoms with Crippen LogP contribution in [-0.2, 0) is 33.4 Å². The minimum atomic E-state index is -0.915. The average Bonchev–Trinajstić information content (AvgIpc) is 3.14. The first-order chi connectivity index (χ1) is 19.3. The highest BCUT2D eigenvalue weighted by molar-refractivity contribution is 6.33. The van der Waals surface area contributed by atoms with Gasteiger partial charge in [0.1, 0.15) is 17.6 Å². The van der Waals surface area contributed by atoms with Gasteiger partial charge >= 0.3 is 5.97 Å². The molecule has 5 rings (SSSR count). The number of halogens is 1. The fourth-order valence-corrected chi connectivity index (χ4v) is 7.17. The number of likely N-dealkylation sites (tertiary alicyclic amines) is 1. The van der Waals surface area contributed by atoms with Crippen molar-refractivity contribution in [2.45, 2.75) is 103 Å². The Kier molecular flexibility index (Phi) is 7.74. The molecule has 4 fully saturated rings. The highest BCUT2D eigenvalue weighted by Gasteiger charge is 2.72. The second-order valence-corrected chi connectivity index (χ2v) is 13.3. The van der Waals surface area contributed by atoms with Gasteiger partial charge in [0.2, 0.25) is 29.9 Å². The molecular weight excluding hydrogens is 552 g/mol. The van der Waals surface area contributed by atoms with Gasteiger partial charge in [-0.1, -0.05) is 32.4 Å². The third kappa shape index (κ3) is 5.38. The number of carbonyl (C=O) groups is 5. The van der Waals surface area contributed by atoms with Gasteiger partial charge in [-0.15, -0.1) is 0 Å². The van der Waals surface area contributed by atoms with Crippen molar-refractivity contribution in [2.24, 2.45) is 17.3 Å². The van der Waals surface area contributed by atoms with Crippen LogP contribution >= 0.6 is 11.6 Å². The summed E-state index contributed by atoms with van der Waals surface area (Å²) in [5.41, 5.74) is -0.596. The van der Waals surface area contributed by atoms with Crippen LogP contribution < -0.4 is 16.0 Å². The zero-order chi connectivity index (χ0) is 29.9. The van der Waals surface area contributed by atoms with Gasteiger partial charge in [-0.2, -0.15) is 0 Å². The summed E-state index contributed by atoms with van der Waals surface area (Å²) in [4.78, 5) is 66.8. The maximum atomic E-state index is 14.2. The summed E-state index contributed by atoms with van der Waals surface area (Å²) in [6.45, 7) is 9.14. The first-order valence-electron chi connectivity index (χ1n) is 14.4. The number of piperidine rings is 1. The largest absolute Gasteiger partial charge is 0.433 e. The Labute approximate surface area is 244 Å². The van der Waals surface area contributed by atoms with Gasteiger partial charge < -0.3 is 30.3 Å². The van der Waals surface area contributed by atoms with E-state index in [1.807, 2.05) is 20.8 Å². The number of amides is 4. The van der Waals surface area contributed by atoms with Crippen molar-refractivity contribution in [2.75, 3.05) is 6.61 Å². The SMILES string of the molecule is CCOC1OC(=O)C2CC12NC(=O)C1C2CCC(C2)N1C(=O)C(NC(=O)C1=C(Cl)C=C(NC(C)=O)CC1)C(C)(C)C. The molecule has 0 aromatic rings. The number of cyclic esters (lactones) is 1.